The molecule has 0 unspecified atom stereocenters. The standard InChI is InChI=1S/C13H21NO2S/c1-9(2)11-5-4-10(3)6-12(11)16-13(15)7-17-8-14/h9-12H,4-7H2,1-3H3/t10-,11-,12+/m1/s1. The van der Waals surface area contributed by atoms with Crippen LogP contribution >= 0.6 is 11.8 Å². The molecule has 3 nitrogen and oxygen atoms in total. The van der Waals surface area contributed by atoms with Gasteiger partial charge in [0.2, 0.25) is 0 Å². The predicted molar refractivity (Wildman–Crippen MR) is 69.3 cm³/mol. The van der Waals surface area contributed by atoms with Gasteiger partial charge in [-0.2, -0.15) is 5.26 Å². The van der Waals surface area contributed by atoms with E-state index in [2.05, 4.69) is 20.8 Å². The smallest absolute Gasteiger partial charge is 0.317 e. The van der Waals surface area contributed by atoms with Crippen molar-refractivity contribution in [2.45, 2.75) is 46.1 Å². The Morgan fingerprint density at radius 2 is 2.24 bits per heavy atom. The molecule has 1 aliphatic carbocycles. The van der Waals surface area contributed by atoms with E-state index in [4.69, 9.17) is 10.00 Å². The second-order valence-corrected chi connectivity index (χ2v) is 5.99. The molecule has 0 aliphatic heterocycles. The first-order valence-electron chi connectivity index (χ1n) is 6.25. The highest BCUT2D eigenvalue weighted by molar-refractivity contribution is 8.04. The summed E-state index contributed by atoms with van der Waals surface area (Å²) in [5, 5.41) is 10.3. The molecular formula is C13H21NO2S. The first kappa shape index (κ1) is 14.4. The lowest BCUT2D eigenvalue weighted by Crippen LogP contribution is -2.36. The molecule has 0 spiro atoms. The monoisotopic (exact) mass is 255 g/mol. The van der Waals surface area contributed by atoms with Crippen molar-refractivity contribution < 1.29 is 9.53 Å². The van der Waals surface area contributed by atoms with E-state index in [1.807, 2.05) is 5.40 Å². The highest BCUT2D eigenvalue weighted by Gasteiger charge is 2.33. The predicted octanol–water partition coefficient (Wildman–Crippen LogP) is 3.20. The maximum Gasteiger partial charge on any atom is 0.317 e. The summed E-state index contributed by atoms with van der Waals surface area (Å²) in [6, 6.07) is 0. The fourth-order valence-electron chi connectivity index (χ4n) is 2.54. The summed E-state index contributed by atoms with van der Waals surface area (Å²) in [6.45, 7) is 6.58. The number of ether oxygens (including phenoxy) is 1. The van der Waals surface area contributed by atoms with Gasteiger partial charge in [-0.1, -0.05) is 27.2 Å². The SMILES string of the molecule is CC(C)[C@H]1CC[C@@H](C)C[C@@H]1OC(=O)CSC#N. The Morgan fingerprint density at radius 3 is 2.82 bits per heavy atom. The molecule has 4 heteroatoms. The average Bonchev–Trinajstić information content (AvgIpc) is 2.26. The molecule has 0 saturated heterocycles. The molecule has 3 atom stereocenters. The van der Waals surface area contributed by atoms with Crippen molar-refractivity contribution in [3.8, 4) is 5.40 Å². The van der Waals surface area contributed by atoms with Gasteiger partial charge >= 0.3 is 5.97 Å². The number of thiocyanates is 1. The molecule has 0 heterocycles. The molecule has 0 aromatic rings. The Balaban J connectivity index is 2.52. The molecule has 96 valence electrons. The Hall–Kier alpha value is -0.690. The number of hydrogen-bond donors (Lipinski definition) is 0. The van der Waals surface area contributed by atoms with Crippen LogP contribution in [-0.4, -0.2) is 17.8 Å². The van der Waals surface area contributed by atoms with Gasteiger partial charge in [0.15, 0.2) is 0 Å². The van der Waals surface area contributed by atoms with Crippen LogP contribution in [-0.2, 0) is 9.53 Å². The zero-order valence-corrected chi connectivity index (χ0v) is 11.6. The van der Waals surface area contributed by atoms with Crippen LogP contribution in [0.2, 0.25) is 0 Å². The van der Waals surface area contributed by atoms with E-state index in [-0.39, 0.29) is 17.8 Å². The van der Waals surface area contributed by atoms with Gasteiger partial charge in [-0.05, 0) is 42.4 Å². The van der Waals surface area contributed by atoms with Gasteiger partial charge in [0.1, 0.15) is 17.3 Å². The summed E-state index contributed by atoms with van der Waals surface area (Å²) in [5.41, 5.74) is 0. The summed E-state index contributed by atoms with van der Waals surface area (Å²) < 4.78 is 5.53. The van der Waals surface area contributed by atoms with E-state index in [0.717, 1.165) is 24.6 Å². The maximum atomic E-state index is 11.6. The number of carbonyl (C=O) groups excluding carboxylic acids is 1. The van der Waals surface area contributed by atoms with Crippen LogP contribution in [0.4, 0.5) is 0 Å². The molecule has 1 saturated carbocycles. The van der Waals surface area contributed by atoms with Crippen molar-refractivity contribution >= 4 is 17.7 Å². The lowest BCUT2D eigenvalue weighted by Gasteiger charge is -2.36. The Bertz CT molecular complexity index is 298. The average molecular weight is 255 g/mol. The highest BCUT2D eigenvalue weighted by Crippen LogP contribution is 2.35. The van der Waals surface area contributed by atoms with Crippen LogP contribution in [0.1, 0.15) is 40.0 Å². The first-order valence-corrected chi connectivity index (χ1v) is 7.23. The quantitative estimate of drug-likeness (QED) is 0.572. The third-order valence-electron chi connectivity index (χ3n) is 3.50. The van der Waals surface area contributed by atoms with Crippen LogP contribution in [0.5, 0.6) is 0 Å². The van der Waals surface area contributed by atoms with Crippen molar-refractivity contribution in [1.82, 2.24) is 0 Å². The number of nitriles is 1. The zero-order chi connectivity index (χ0) is 12.8. The summed E-state index contributed by atoms with van der Waals surface area (Å²) in [5.74, 6) is 1.55. The van der Waals surface area contributed by atoms with Crippen LogP contribution in [0.25, 0.3) is 0 Å². The normalized spacial score (nSPS) is 28.8. The minimum Gasteiger partial charge on any atom is -0.461 e. The molecule has 1 rings (SSSR count). The zero-order valence-electron chi connectivity index (χ0n) is 10.8. The Labute approximate surface area is 108 Å². The summed E-state index contributed by atoms with van der Waals surface area (Å²) >= 11 is 0.946. The third-order valence-corrected chi connectivity index (χ3v) is 4.01. The van der Waals surface area contributed by atoms with Crippen molar-refractivity contribution in [2.75, 3.05) is 5.75 Å². The fraction of sp³-hybridized carbons (Fsp3) is 0.846. The molecule has 0 N–H and O–H groups in total. The molecular weight excluding hydrogens is 234 g/mol. The van der Waals surface area contributed by atoms with Crippen molar-refractivity contribution in [3.63, 3.8) is 0 Å². The molecule has 1 aliphatic rings. The van der Waals surface area contributed by atoms with Gasteiger partial charge in [0.25, 0.3) is 0 Å². The van der Waals surface area contributed by atoms with Crippen LogP contribution in [0, 0.1) is 28.4 Å². The molecule has 1 fully saturated rings. The van der Waals surface area contributed by atoms with Gasteiger partial charge in [-0.3, -0.25) is 4.79 Å². The van der Waals surface area contributed by atoms with E-state index in [1.165, 1.54) is 6.42 Å². The lowest BCUT2D eigenvalue weighted by molar-refractivity contribution is -0.152. The van der Waals surface area contributed by atoms with Crippen molar-refractivity contribution in [1.29, 1.82) is 5.26 Å². The number of rotatable bonds is 4. The third kappa shape index (κ3) is 4.59. The highest BCUT2D eigenvalue weighted by atomic mass is 32.2. The Kier molecular flexibility index (Phi) is 5.84. The summed E-state index contributed by atoms with van der Waals surface area (Å²) in [4.78, 5) is 11.6. The van der Waals surface area contributed by atoms with E-state index in [1.54, 1.807) is 0 Å². The second kappa shape index (κ2) is 6.90. The minimum atomic E-state index is -0.249. The summed E-state index contributed by atoms with van der Waals surface area (Å²) in [7, 11) is 0. The molecule has 0 aromatic carbocycles. The van der Waals surface area contributed by atoms with E-state index in [9.17, 15) is 4.79 Å². The summed E-state index contributed by atoms with van der Waals surface area (Å²) in [6.07, 6.45) is 3.38. The van der Waals surface area contributed by atoms with Gasteiger partial charge < -0.3 is 4.74 Å². The van der Waals surface area contributed by atoms with E-state index < -0.39 is 0 Å². The second-order valence-electron chi connectivity index (χ2n) is 5.23. The van der Waals surface area contributed by atoms with Crippen LogP contribution in [0.15, 0.2) is 0 Å². The number of nitrogens with zero attached hydrogens (tertiary/aromatic N) is 1. The molecule has 0 radical (unpaired) electrons. The molecule has 17 heavy (non-hydrogen) atoms. The molecule has 0 bridgehead atoms. The van der Waals surface area contributed by atoms with Gasteiger partial charge in [0, 0.05) is 0 Å². The van der Waals surface area contributed by atoms with Crippen molar-refractivity contribution in [3.05, 3.63) is 0 Å². The first-order chi connectivity index (χ1) is 8.04. The maximum absolute atomic E-state index is 11.6. The van der Waals surface area contributed by atoms with E-state index in [0.29, 0.717) is 17.8 Å². The van der Waals surface area contributed by atoms with E-state index >= 15 is 0 Å². The number of thioether (sulfide) groups is 1. The number of esters is 1. The van der Waals surface area contributed by atoms with Gasteiger partial charge in [0.05, 0.1) is 0 Å². The van der Waals surface area contributed by atoms with Gasteiger partial charge in [-0.15, -0.1) is 0 Å². The molecule has 0 amide bonds. The minimum absolute atomic E-state index is 0.0468. The van der Waals surface area contributed by atoms with Crippen molar-refractivity contribution in [2.24, 2.45) is 17.8 Å². The lowest BCUT2D eigenvalue weighted by atomic mass is 9.75. The number of carbonyl (C=O) groups is 1. The van der Waals surface area contributed by atoms with Gasteiger partial charge in [-0.25, -0.2) is 0 Å². The van der Waals surface area contributed by atoms with Crippen LogP contribution in [0.3, 0.4) is 0 Å². The molecule has 0 aromatic heterocycles. The van der Waals surface area contributed by atoms with Crippen LogP contribution < -0.4 is 0 Å². The topological polar surface area (TPSA) is 50.1 Å². The number of hydrogen-bond acceptors (Lipinski definition) is 4. The Morgan fingerprint density at radius 1 is 1.53 bits per heavy atom. The largest absolute Gasteiger partial charge is 0.461 e. The fourth-order valence-corrected chi connectivity index (χ4v) is 2.79.